The number of rotatable bonds is 8. The van der Waals surface area contributed by atoms with Gasteiger partial charge in [-0.2, -0.15) is 0 Å². The van der Waals surface area contributed by atoms with Crippen molar-refractivity contribution in [1.82, 2.24) is 20.6 Å². The Kier molecular flexibility index (Phi) is 7.26. The Morgan fingerprint density at radius 2 is 1.83 bits per heavy atom. The first-order chi connectivity index (χ1) is 14.6. The van der Waals surface area contributed by atoms with Crippen molar-refractivity contribution in [2.45, 2.75) is 33.9 Å². The van der Waals surface area contributed by atoms with Crippen molar-refractivity contribution in [3.05, 3.63) is 65.5 Å². The molecule has 0 amide bonds. The molecule has 2 heterocycles. The maximum absolute atomic E-state index is 5.75. The lowest BCUT2D eigenvalue weighted by atomic mass is 10.3. The Bertz CT molecular complexity index is 946. The Balaban J connectivity index is 1.56. The van der Waals surface area contributed by atoms with Crippen molar-refractivity contribution < 1.29 is 13.9 Å². The molecule has 0 aliphatic rings. The van der Waals surface area contributed by atoms with Gasteiger partial charge < -0.3 is 24.5 Å². The molecule has 3 aromatic rings. The molecule has 0 atom stereocenters. The summed E-state index contributed by atoms with van der Waals surface area (Å²) in [5.41, 5.74) is 1.87. The number of hydrogen-bond acceptors (Lipinski definition) is 6. The van der Waals surface area contributed by atoms with Crippen LogP contribution in [0.2, 0.25) is 0 Å². The van der Waals surface area contributed by atoms with E-state index in [-0.39, 0.29) is 0 Å². The summed E-state index contributed by atoms with van der Waals surface area (Å²) in [6.07, 6.45) is 1.76. The normalized spacial score (nSPS) is 11.3. The molecule has 1 aromatic carbocycles. The summed E-state index contributed by atoms with van der Waals surface area (Å²) >= 11 is 0. The van der Waals surface area contributed by atoms with E-state index in [0.717, 1.165) is 29.3 Å². The Morgan fingerprint density at radius 3 is 2.43 bits per heavy atom. The highest BCUT2D eigenvalue weighted by atomic mass is 16.5. The molecule has 0 aliphatic carbocycles. The van der Waals surface area contributed by atoms with Gasteiger partial charge >= 0.3 is 0 Å². The molecule has 0 saturated carbocycles. The molecule has 0 unspecified atom stereocenters. The van der Waals surface area contributed by atoms with Crippen LogP contribution in [0.3, 0.4) is 0 Å². The van der Waals surface area contributed by atoms with Gasteiger partial charge in [0.1, 0.15) is 17.3 Å². The number of aromatic nitrogens is 2. The third-order valence-corrected chi connectivity index (χ3v) is 4.32. The third kappa shape index (κ3) is 5.97. The average molecular weight is 409 g/mol. The smallest absolute Gasteiger partial charge is 0.219 e. The summed E-state index contributed by atoms with van der Waals surface area (Å²) < 4.78 is 16.5. The average Bonchev–Trinajstić information content (AvgIpc) is 3.09. The minimum Gasteiger partial charge on any atom is -0.497 e. The van der Waals surface area contributed by atoms with Gasteiger partial charge in [0.05, 0.1) is 25.9 Å². The minimum atomic E-state index is 0.466. The second-order valence-corrected chi connectivity index (χ2v) is 6.58. The van der Waals surface area contributed by atoms with Crippen molar-refractivity contribution in [2.24, 2.45) is 4.99 Å². The molecular formula is C22H27N5O3. The number of nitrogens with zero attached hydrogens (tertiary/aromatic N) is 3. The lowest BCUT2D eigenvalue weighted by Crippen LogP contribution is -2.36. The first kappa shape index (κ1) is 21.2. The Morgan fingerprint density at radius 1 is 1.07 bits per heavy atom. The molecule has 0 bridgehead atoms. The van der Waals surface area contributed by atoms with Gasteiger partial charge in [-0.1, -0.05) is 6.07 Å². The number of nitrogens with one attached hydrogen (secondary N) is 2. The number of aryl methyl sites for hydroxylation is 2. The molecule has 2 N–H and O–H groups in total. The third-order valence-electron chi connectivity index (χ3n) is 4.32. The standard InChI is InChI=1S/C22H27N5O3/c1-5-23-22(26-14-21-27-15(2)16(3)29-21)25-13-17-6-11-20(24-12-17)30-19-9-7-18(28-4)8-10-19/h6-12H,5,13-14H2,1-4H3,(H2,23,25,26). The van der Waals surface area contributed by atoms with E-state index in [1.807, 2.05) is 57.2 Å². The number of benzene rings is 1. The van der Waals surface area contributed by atoms with E-state index in [0.29, 0.717) is 36.6 Å². The molecule has 3 rings (SSSR count). The maximum atomic E-state index is 5.75. The van der Waals surface area contributed by atoms with Crippen molar-refractivity contribution >= 4 is 5.96 Å². The molecule has 0 radical (unpaired) electrons. The summed E-state index contributed by atoms with van der Waals surface area (Å²) in [4.78, 5) is 13.3. The van der Waals surface area contributed by atoms with Gasteiger partial charge in [0.2, 0.25) is 11.8 Å². The quantitative estimate of drug-likeness (QED) is 0.432. The van der Waals surface area contributed by atoms with E-state index < -0.39 is 0 Å². The molecule has 30 heavy (non-hydrogen) atoms. The zero-order chi connectivity index (χ0) is 21.3. The molecule has 8 heteroatoms. The maximum Gasteiger partial charge on any atom is 0.219 e. The van der Waals surface area contributed by atoms with Crippen LogP contribution in [0.4, 0.5) is 0 Å². The highest BCUT2D eigenvalue weighted by Crippen LogP contribution is 2.22. The fourth-order valence-electron chi connectivity index (χ4n) is 2.62. The van der Waals surface area contributed by atoms with Crippen molar-refractivity contribution in [3.63, 3.8) is 0 Å². The first-order valence-corrected chi connectivity index (χ1v) is 9.79. The van der Waals surface area contributed by atoms with Crippen molar-refractivity contribution in [2.75, 3.05) is 13.7 Å². The molecule has 8 nitrogen and oxygen atoms in total. The predicted octanol–water partition coefficient (Wildman–Crippen LogP) is 3.74. The molecular weight excluding hydrogens is 382 g/mol. The van der Waals surface area contributed by atoms with E-state index >= 15 is 0 Å². The van der Waals surface area contributed by atoms with E-state index in [9.17, 15) is 0 Å². The van der Waals surface area contributed by atoms with Crippen LogP contribution < -0.4 is 20.1 Å². The number of guanidine groups is 1. The van der Waals surface area contributed by atoms with Gasteiger partial charge in [0.25, 0.3) is 0 Å². The summed E-state index contributed by atoms with van der Waals surface area (Å²) in [5, 5.41) is 6.44. The van der Waals surface area contributed by atoms with Gasteiger partial charge in [0, 0.05) is 18.8 Å². The summed E-state index contributed by atoms with van der Waals surface area (Å²) in [6, 6.07) is 11.1. The first-order valence-electron chi connectivity index (χ1n) is 9.79. The van der Waals surface area contributed by atoms with Crippen LogP contribution in [0.15, 0.2) is 52.0 Å². The predicted molar refractivity (Wildman–Crippen MR) is 115 cm³/mol. The van der Waals surface area contributed by atoms with E-state index in [2.05, 4.69) is 25.6 Å². The van der Waals surface area contributed by atoms with E-state index in [4.69, 9.17) is 13.9 Å². The van der Waals surface area contributed by atoms with Crippen LogP contribution in [0.25, 0.3) is 0 Å². The van der Waals surface area contributed by atoms with Gasteiger partial charge in [-0.15, -0.1) is 0 Å². The number of pyridine rings is 1. The van der Waals surface area contributed by atoms with E-state index in [1.54, 1.807) is 13.3 Å². The molecule has 2 aromatic heterocycles. The lowest BCUT2D eigenvalue weighted by Gasteiger charge is -2.10. The van der Waals surface area contributed by atoms with Crippen LogP contribution in [-0.2, 0) is 13.1 Å². The fourth-order valence-corrected chi connectivity index (χ4v) is 2.62. The van der Waals surface area contributed by atoms with Crippen molar-refractivity contribution in [3.8, 4) is 17.4 Å². The van der Waals surface area contributed by atoms with Crippen LogP contribution in [0, 0.1) is 13.8 Å². The van der Waals surface area contributed by atoms with Gasteiger partial charge in [0.15, 0.2) is 5.96 Å². The molecule has 0 spiro atoms. The van der Waals surface area contributed by atoms with Crippen LogP contribution in [-0.4, -0.2) is 29.6 Å². The number of aliphatic imine (C=N–C) groups is 1. The number of ether oxygens (including phenoxy) is 2. The van der Waals surface area contributed by atoms with Crippen LogP contribution >= 0.6 is 0 Å². The zero-order valence-electron chi connectivity index (χ0n) is 17.7. The monoisotopic (exact) mass is 409 g/mol. The van der Waals surface area contributed by atoms with Crippen molar-refractivity contribution in [1.29, 1.82) is 0 Å². The van der Waals surface area contributed by atoms with Gasteiger partial charge in [-0.25, -0.2) is 15.0 Å². The molecule has 0 fully saturated rings. The number of oxazole rings is 1. The molecule has 158 valence electrons. The summed E-state index contributed by atoms with van der Waals surface area (Å²) in [6.45, 7) is 7.55. The molecule has 0 saturated heterocycles. The summed E-state index contributed by atoms with van der Waals surface area (Å²) in [7, 11) is 1.63. The topological polar surface area (TPSA) is 93.8 Å². The lowest BCUT2D eigenvalue weighted by molar-refractivity contribution is 0.412. The second kappa shape index (κ2) is 10.3. The van der Waals surface area contributed by atoms with Gasteiger partial charge in [-0.3, -0.25) is 0 Å². The Labute approximate surface area is 176 Å². The zero-order valence-corrected chi connectivity index (χ0v) is 17.7. The second-order valence-electron chi connectivity index (χ2n) is 6.58. The van der Waals surface area contributed by atoms with E-state index in [1.165, 1.54) is 0 Å². The van der Waals surface area contributed by atoms with Crippen LogP contribution in [0.1, 0.15) is 29.8 Å². The number of methoxy groups -OCH3 is 1. The Hall–Kier alpha value is -3.55. The van der Waals surface area contributed by atoms with Crippen LogP contribution in [0.5, 0.6) is 17.4 Å². The fraction of sp³-hybridized carbons (Fsp3) is 0.318. The SMILES string of the molecule is CCNC(=NCc1ccc(Oc2ccc(OC)cc2)nc1)NCc1nc(C)c(C)o1. The highest BCUT2D eigenvalue weighted by molar-refractivity contribution is 5.79. The summed E-state index contributed by atoms with van der Waals surface area (Å²) in [5.74, 6) is 4.15. The van der Waals surface area contributed by atoms with Gasteiger partial charge in [-0.05, 0) is 50.6 Å². The highest BCUT2D eigenvalue weighted by Gasteiger charge is 2.06. The molecule has 0 aliphatic heterocycles. The number of hydrogen-bond donors (Lipinski definition) is 2. The largest absolute Gasteiger partial charge is 0.497 e. The minimum absolute atomic E-state index is 0.466.